The minimum absolute atomic E-state index is 0.151. The van der Waals surface area contributed by atoms with Crippen molar-refractivity contribution >= 4 is 22.7 Å². The highest BCUT2D eigenvalue weighted by Crippen LogP contribution is 2.37. The van der Waals surface area contributed by atoms with Gasteiger partial charge in [0, 0.05) is 23.5 Å². The lowest BCUT2D eigenvalue weighted by Gasteiger charge is -2.07. The first kappa shape index (κ1) is 14.1. The van der Waals surface area contributed by atoms with Gasteiger partial charge in [-0.2, -0.15) is 0 Å². The van der Waals surface area contributed by atoms with Crippen LogP contribution in [0.3, 0.4) is 0 Å². The molecule has 0 unspecified atom stereocenters. The average molecular weight is 290 g/mol. The van der Waals surface area contributed by atoms with Gasteiger partial charge in [0.25, 0.3) is 0 Å². The lowest BCUT2D eigenvalue weighted by molar-refractivity contribution is -0.387. The van der Waals surface area contributed by atoms with Crippen molar-refractivity contribution < 1.29 is 14.6 Å². The van der Waals surface area contributed by atoms with E-state index in [0.717, 1.165) is 12.1 Å². The van der Waals surface area contributed by atoms with E-state index in [1.165, 1.54) is 24.3 Å². The van der Waals surface area contributed by atoms with Crippen molar-refractivity contribution in [3.8, 4) is 11.5 Å². The van der Waals surface area contributed by atoms with Gasteiger partial charge < -0.3 is 16.2 Å². The predicted octanol–water partition coefficient (Wildman–Crippen LogP) is 2.46. The molecular formula is C12H10N4O5. The largest absolute Gasteiger partial charge is 0.443 e. The van der Waals surface area contributed by atoms with Crippen LogP contribution >= 0.6 is 0 Å². The van der Waals surface area contributed by atoms with Crippen LogP contribution in [0, 0.1) is 20.2 Å². The molecule has 0 aliphatic heterocycles. The quantitative estimate of drug-likeness (QED) is 0.499. The van der Waals surface area contributed by atoms with Gasteiger partial charge in [-0.15, -0.1) is 0 Å². The predicted molar refractivity (Wildman–Crippen MR) is 75.1 cm³/mol. The summed E-state index contributed by atoms with van der Waals surface area (Å²) in [6, 6.07) is 7.55. The van der Waals surface area contributed by atoms with E-state index in [1.807, 2.05) is 0 Å². The number of hydrogen-bond donors (Lipinski definition) is 2. The van der Waals surface area contributed by atoms with Gasteiger partial charge >= 0.3 is 11.4 Å². The van der Waals surface area contributed by atoms with Crippen molar-refractivity contribution in [3.05, 3.63) is 56.6 Å². The van der Waals surface area contributed by atoms with Crippen molar-refractivity contribution in [1.82, 2.24) is 0 Å². The third kappa shape index (κ3) is 2.97. The molecule has 21 heavy (non-hydrogen) atoms. The van der Waals surface area contributed by atoms with Gasteiger partial charge in [-0.05, 0) is 24.3 Å². The van der Waals surface area contributed by atoms with E-state index in [0.29, 0.717) is 0 Å². The highest BCUT2D eigenvalue weighted by molar-refractivity contribution is 5.61. The topological polar surface area (TPSA) is 148 Å². The molecule has 0 fully saturated rings. The fraction of sp³-hybridized carbons (Fsp3) is 0. The van der Waals surface area contributed by atoms with Crippen LogP contribution in [0.2, 0.25) is 0 Å². The summed E-state index contributed by atoms with van der Waals surface area (Å²) in [5, 5.41) is 21.9. The SMILES string of the molecule is Nc1ccc(Oc2ccc(N)cc2[N+](=O)[O-])c([N+](=O)[O-])c1. The summed E-state index contributed by atoms with van der Waals surface area (Å²) in [6.07, 6.45) is 0. The van der Waals surface area contributed by atoms with Gasteiger partial charge in [0.15, 0.2) is 0 Å². The van der Waals surface area contributed by atoms with Crippen LogP contribution in [0.5, 0.6) is 11.5 Å². The Morgan fingerprint density at radius 3 is 1.52 bits per heavy atom. The molecule has 0 saturated carbocycles. The summed E-state index contributed by atoms with van der Waals surface area (Å²) < 4.78 is 5.28. The molecule has 0 amide bonds. The van der Waals surface area contributed by atoms with Crippen LogP contribution in [0.25, 0.3) is 0 Å². The van der Waals surface area contributed by atoms with E-state index in [2.05, 4.69) is 0 Å². The Bertz CT molecular complexity index is 670. The summed E-state index contributed by atoms with van der Waals surface area (Å²) >= 11 is 0. The van der Waals surface area contributed by atoms with Crippen LogP contribution in [-0.4, -0.2) is 9.85 Å². The van der Waals surface area contributed by atoms with E-state index >= 15 is 0 Å². The van der Waals surface area contributed by atoms with E-state index in [9.17, 15) is 20.2 Å². The normalized spacial score (nSPS) is 10.1. The number of hydrogen-bond acceptors (Lipinski definition) is 7. The fourth-order valence-corrected chi connectivity index (χ4v) is 1.65. The molecule has 0 radical (unpaired) electrons. The Labute approximate surface area is 118 Å². The van der Waals surface area contributed by atoms with Crippen molar-refractivity contribution in [2.45, 2.75) is 0 Å². The highest BCUT2D eigenvalue weighted by Gasteiger charge is 2.21. The Hall–Kier alpha value is -3.36. The van der Waals surface area contributed by atoms with Crippen molar-refractivity contribution in [2.24, 2.45) is 0 Å². The van der Waals surface area contributed by atoms with Crippen molar-refractivity contribution in [2.75, 3.05) is 11.5 Å². The molecule has 0 bridgehead atoms. The van der Waals surface area contributed by atoms with Crippen LogP contribution in [0.1, 0.15) is 0 Å². The van der Waals surface area contributed by atoms with Gasteiger partial charge in [0.2, 0.25) is 11.5 Å². The number of nitro groups is 2. The van der Waals surface area contributed by atoms with E-state index < -0.39 is 9.85 Å². The van der Waals surface area contributed by atoms with Gasteiger partial charge in [-0.25, -0.2) is 0 Å². The number of nitrogens with zero attached hydrogens (tertiary/aromatic N) is 2. The third-order valence-electron chi connectivity index (χ3n) is 2.58. The summed E-state index contributed by atoms with van der Waals surface area (Å²) in [7, 11) is 0. The number of benzene rings is 2. The van der Waals surface area contributed by atoms with Gasteiger partial charge in [0.05, 0.1) is 9.85 Å². The second kappa shape index (κ2) is 5.33. The van der Waals surface area contributed by atoms with Gasteiger partial charge in [-0.3, -0.25) is 20.2 Å². The number of nitrogens with two attached hydrogens (primary N) is 2. The molecule has 0 spiro atoms. The van der Waals surface area contributed by atoms with E-state index in [1.54, 1.807) is 0 Å². The molecule has 0 aliphatic rings. The smallest absolute Gasteiger partial charge is 0.313 e. The number of rotatable bonds is 4. The molecule has 2 rings (SSSR count). The van der Waals surface area contributed by atoms with Crippen molar-refractivity contribution in [3.63, 3.8) is 0 Å². The lowest BCUT2D eigenvalue weighted by Crippen LogP contribution is -1.98. The van der Waals surface area contributed by atoms with Crippen LogP contribution < -0.4 is 16.2 Å². The number of nitro benzene ring substituents is 2. The molecule has 9 heteroatoms. The van der Waals surface area contributed by atoms with Crippen LogP contribution in [0.4, 0.5) is 22.7 Å². The van der Waals surface area contributed by atoms with Crippen LogP contribution in [-0.2, 0) is 0 Å². The van der Waals surface area contributed by atoms with Gasteiger partial charge in [-0.1, -0.05) is 0 Å². The fourth-order valence-electron chi connectivity index (χ4n) is 1.65. The highest BCUT2D eigenvalue weighted by atomic mass is 16.6. The maximum Gasteiger partial charge on any atom is 0.313 e. The van der Waals surface area contributed by atoms with Gasteiger partial charge in [0.1, 0.15) is 0 Å². The van der Waals surface area contributed by atoms with E-state index in [-0.39, 0.29) is 34.2 Å². The Morgan fingerprint density at radius 1 is 0.810 bits per heavy atom. The molecule has 0 aromatic heterocycles. The number of ether oxygens (including phenoxy) is 1. The van der Waals surface area contributed by atoms with Crippen LogP contribution in [0.15, 0.2) is 36.4 Å². The first-order chi connectivity index (χ1) is 9.88. The summed E-state index contributed by atoms with van der Waals surface area (Å²) in [5.41, 5.74) is 10.5. The third-order valence-corrected chi connectivity index (χ3v) is 2.58. The first-order valence-corrected chi connectivity index (χ1v) is 5.64. The minimum atomic E-state index is -0.686. The molecule has 0 heterocycles. The molecule has 108 valence electrons. The zero-order valence-corrected chi connectivity index (χ0v) is 10.6. The second-order valence-corrected chi connectivity index (χ2v) is 4.07. The molecule has 2 aromatic carbocycles. The molecule has 4 N–H and O–H groups in total. The Balaban J connectivity index is 2.48. The summed E-state index contributed by atoms with van der Waals surface area (Å²) in [5.74, 6) is -0.302. The monoisotopic (exact) mass is 290 g/mol. The maximum absolute atomic E-state index is 11.0. The number of nitrogen functional groups attached to an aromatic ring is 2. The average Bonchev–Trinajstić information content (AvgIpc) is 2.42. The van der Waals surface area contributed by atoms with E-state index in [4.69, 9.17) is 16.2 Å². The second-order valence-electron chi connectivity index (χ2n) is 4.07. The number of anilines is 2. The molecule has 0 saturated heterocycles. The summed E-state index contributed by atoms with van der Waals surface area (Å²) in [6.45, 7) is 0. The minimum Gasteiger partial charge on any atom is -0.443 e. The molecule has 0 atom stereocenters. The maximum atomic E-state index is 11.0. The first-order valence-electron chi connectivity index (χ1n) is 5.64. The van der Waals surface area contributed by atoms with Crippen molar-refractivity contribution in [1.29, 1.82) is 0 Å². The zero-order valence-electron chi connectivity index (χ0n) is 10.6. The standard InChI is InChI=1S/C12H10N4O5/c13-7-1-3-11(9(5-7)15(17)18)21-12-4-2-8(14)6-10(12)16(19)20/h1-6H,13-14H2. The Kier molecular flexibility index (Phi) is 3.57. The molecule has 2 aromatic rings. The lowest BCUT2D eigenvalue weighted by atomic mass is 10.2. The zero-order chi connectivity index (χ0) is 15.6. The summed E-state index contributed by atoms with van der Waals surface area (Å²) in [4.78, 5) is 20.5. The molecule has 0 aliphatic carbocycles. The molecule has 9 nitrogen and oxygen atoms in total. The molecular weight excluding hydrogens is 280 g/mol. The Morgan fingerprint density at radius 2 is 1.19 bits per heavy atom.